The zero-order valence-electron chi connectivity index (χ0n) is 11.3. The van der Waals surface area contributed by atoms with E-state index in [0.29, 0.717) is 13.2 Å². The minimum Gasteiger partial charge on any atom is -0.378 e. The summed E-state index contributed by atoms with van der Waals surface area (Å²) in [5, 5.41) is 4.13. The van der Waals surface area contributed by atoms with Crippen molar-refractivity contribution in [2.24, 2.45) is 0 Å². The van der Waals surface area contributed by atoms with Gasteiger partial charge in [-0.05, 0) is 12.1 Å². The number of carbonyl (C=O) groups is 1. The van der Waals surface area contributed by atoms with Crippen molar-refractivity contribution < 1.29 is 9.53 Å². The van der Waals surface area contributed by atoms with Crippen molar-refractivity contribution >= 4 is 32.7 Å². The Morgan fingerprint density at radius 2 is 2.29 bits per heavy atom. The number of nitrogens with zero attached hydrogens (tertiary/aromatic N) is 2. The average molecular weight is 348 g/mol. The number of hydrogen-bond donors (Lipinski definition) is 1. The molecule has 3 heterocycles. The number of halogens is 1. The Hall–Kier alpha value is -1.50. The van der Waals surface area contributed by atoms with Gasteiger partial charge in [-0.15, -0.1) is 0 Å². The smallest absolute Gasteiger partial charge is 0.241 e. The molecule has 0 unspecified atom stereocenters. The molecule has 2 aromatic rings. The third-order valence-electron chi connectivity index (χ3n) is 4.13. The molecule has 2 aliphatic heterocycles. The number of ether oxygens (including phenoxy) is 1. The molecule has 6 heteroatoms. The highest BCUT2D eigenvalue weighted by molar-refractivity contribution is 9.10. The lowest BCUT2D eigenvalue weighted by Crippen LogP contribution is -2.44. The van der Waals surface area contributed by atoms with E-state index in [9.17, 15) is 4.79 Å². The molecule has 2 atom stereocenters. The molecule has 4 rings (SSSR count). The Balaban J connectivity index is 1.83. The average Bonchev–Trinajstić information content (AvgIpc) is 2.86. The van der Waals surface area contributed by atoms with Gasteiger partial charge >= 0.3 is 0 Å². The zero-order chi connectivity index (χ0) is 14.4. The monoisotopic (exact) mass is 347 g/mol. The molecule has 1 aromatic heterocycles. The first-order valence-corrected chi connectivity index (χ1v) is 7.72. The van der Waals surface area contributed by atoms with E-state index in [4.69, 9.17) is 4.74 Å². The van der Waals surface area contributed by atoms with E-state index in [-0.39, 0.29) is 18.1 Å². The summed E-state index contributed by atoms with van der Waals surface area (Å²) in [6.07, 6.45) is 1.66. The predicted octanol–water partition coefficient (Wildman–Crippen LogP) is 1.83. The number of nitrogens with one attached hydrogen (secondary N) is 1. The fraction of sp³-hybridized carbons (Fsp3) is 0.333. The third kappa shape index (κ3) is 2.06. The summed E-state index contributed by atoms with van der Waals surface area (Å²) in [4.78, 5) is 18.8. The molecule has 0 aliphatic carbocycles. The van der Waals surface area contributed by atoms with E-state index >= 15 is 0 Å². The summed E-state index contributed by atoms with van der Waals surface area (Å²) in [5.74, 6) is 0.0340. The molecule has 1 amide bonds. The Labute approximate surface area is 130 Å². The second-order valence-electron chi connectivity index (χ2n) is 5.28. The summed E-state index contributed by atoms with van der Waals surface area (Å²) in [5.41, 5.74) is 1.95. The SMILES string of the molecule is O=C1N[C@@H](c2ccc(Br)c3cccnc23)N2CCOC[C@H]12. The number of amides is 1. The van der Waals surface area contributed by atoms with Gasteiger partial charge < -0.3 is 10.1 Å². The van der Waals surface area contributed by atoms with Gasteiger partial charge in [0, 0.05) is 28.2 Å². The summed E-state index contributed by atoms with van der Waals surface area (Å²) >= 11 is 3.56. The number of morpholine rings is 1. The minimum absolute atomic E-state index is 0.0340. The molecule has 0 spiro atoms. The quantitative estimate of drug-likeness (QED) is 0.854. The fourth-order valence-corrected chi connectivity index (χ4v) is 3.55. The number of aromatic nitrogens is 1. The van der Waals surface area contributed by atoms with E-state index in [1.54, 1.807) is 6.20 Å². The van der Waals surface area contributed by atoms with Gasteiger partial charge in [0.05, 0.1) is 18.7 Å². The molecule has 2 fully saturated rings. The van der Waals surface area contributed by atoms with Crippen LogP contribution in [0.1, 0.15) is 11.7 Å². The maximum Gasteiger partial charge on any atom is 0.241 e. The summed E-state index contributed by atoms with van der Waals surface area (Å²) in [7, 11) is 0. The van der Waals surface area contributed by atoms with Gasteiger partial charge in [0.1, 0.15) is 12.2 Å². The lowest BCUT2D eigenvalue weighted by molar-refractivity contribution is -0.125. The molecule has 2 saturated heterocycles. The van der Waals surface area contributed by atoms with Crippen molar-refractivity contribution in [2.45, 2.75) is 12.2 Å². The summed E-state index contributed by atoms with van der Waals surface area (Å²) in [6, 6.07) is 7.80. The van der Waals surface area contributed by atoms with Crippen LogP contribution in [0.4, 0.5) is 0 Å². The standard InChI is InChI=1S/C15H14BrN3O2/c16-11-4-3-10(13-9(11)2-1-5-17-13)14-18-15(20)12-8-21-7-6-19(12)14/h1-5,12,14H,6-8H2,(H,18,20)/t12-,14-/m1/s1. The highest BCUT2D eigenvalue weighted by Gasteiger charge is 2.42. The first-order chi connectivity index (χ1) is 10.3. The first kappa shape index (κ1) is 13.2. The van der Waals surface area contributed by atoms with Crippen molar-refractivity contribution in [1.82, 2.24) is 15.2 Å². The largest absolute Gasteiger partial charge is 0.378 e. The molecular formula is C15H14BrN3O2. The number of pyridine rings is 1. The lowest BCUT2D eigenvalue weighted by atomic mass is 10.1. The maximum absolute atomic E-state index is 12.1. The van der Waals surface area contributed by atoms with Gasteiger partial charge in [-0.3, -0.25) is 14.7 Å². The van der Waals surface area contributed by atoms with E-state index in [1.165, 1.54) is 0 Å². The summed E-state index contributed by atoms with van der Waals surface area (Å²) < 4.78 is 6.43. The number of hydrogen-bond acceptors (Lipinski definition) is 4. The van der Waals surface area contributed by atoms with Crippen LogP contribution in [-0.2, 0) is 9.53 Å². The van der Waals surface area contributed by atoms with Crippen LogP contribution in [0.15, 0.2) is 34.9 Å². The van der Waals surface area contributed by atoms with E-state index in [2.05, 4.69) is 31.1 Å². The molecule has 1 aromatic carbocycles. The molecule has 2 aliphatic rings. The summed E-state index contributed by atoms with van der Waals surface area (Å²) in [6.45, 7) is 1.87. The van der Waals surface area contributed by atoms with Crippen molar-refractivity contribution in [1.29, 1.82) is 0 Å². The second kappa shape index (κ2) is 5.05. The molecule has 5 nitrogen and oxygen atoms in total. The Morgan fingerprint density at radius 1 is 1.38 bits per heavy atom. The third-order valence-corrected chi connectivity index (χ3v) is 4.82. The van der Waals surface area contributed by atoms with Gasteiger partial charge in [-0.25, -0.2) is 0 Å². The van der Waals surface area contributed by atoms with Crippen LogP contribution in [0, 0.1) is 0 Å². The van der Waals surface area contributed by atoms with Crippen LogP contribution in [0.25, 0.3) is 10.9 Å². The fourth-order valence-electron chi connectivity index (χ4n) is 3.10. The van der Waals surface area contributed by atoms with Gasteiger partial charge in [0.25, 0.3) is 0 Å². The van der Waals surface area contributed by atoms with Crippen molar-refractivity contribution in [3.8, 4) is 0 Å². The van der Waals surface area contributed by atoms with Crippen LogP contribution in [0.3, 0.4) is 0 Å². The second-order valence-corrected chi connectivity index (χ2v) is 6.13. The Bertz CT molecular complexity index is 721. The Morgan fingerprint density at radius 3 is 3.19 bits per heavy atom. The van der Waals surface area contributed by atoms with E-state index < -0.39 is 0 Å². The van der Waals surface area contributed by atoms with Gasteiger partial charge in [0.15, 0.2) is 0 Å². The maximum atomic E-state index is 12.1. The van der Waals surface area contributed by atoms with Crippen LogP contribution in [-0.4, -0.2) is 41.6 Å². The van der Waals surface area contributed by atoms with Gasteiger partial charge in [-0.2, -0.15) is 0 Å². The van der Waals surface area contributed by atoms with Crippen molar-refractivity contribution in [3.05, 3.63) is 40.5 Å². The zero-order valence-corrected chi connectivity index (χ0v) is 12.8. The van der Waals surface area contributed by atoms with Crippen molar-refractivity contribution in [2.75, 3.05) is 19.8 Å². The predicted molar refractivity (Wildman–Crippen MR) is 81.6 cm³/mol. The highest BCUT2D eigenvalue weighted by atomic mass is 79.9. The van der Waals surface area contributed by atoms with E-state index in [0.717, 1.165) is 27.5 Å². The first-order valence-electron chi connectivity index (χ1n) is 6.93. The van der Waals surface area contributed by atoms with Crippen LogP contribution in [0.2, 0.25) is 0 Å². The minimum atomic E-state index is -0.189. The topological polar surface area (TPSA) is 54.5 Å². The van der Waals surface area contributed by atoms with Gasteiger partial charge in [-0.1, -0.05) is 28.1 Å². The molecule has 1 N–H and O–H groups in total. The number of carbonyl (C=O) groups excluding carboxylic acids is 1. The number of fused-ring (bicyclic) bond motifs is 2. The highest BCUT2D eigenvalue weighted by Crippen LogP contribution is 2.34. The molecular weight excluding hydrogens is 334 g/mol. The van der Waals surface area contributed by atoms with Gasteiger partial charge in [0.2, 0.25) is 5.91 Å². The molecule has 0 saturated carbocycles. The molecule has 0 radical (unpaired) electrons. The van der Waals surface area contributed by atoms with E-state index in [1.807, 2.05) is 24.3 Å². The Kier molecular flexibility index (Phi) is 3.17. The number of rotatable bonds is 1. The lowest BCUT2D eigenvalue weighted by Gasteiger charge is -2.31. The van der Waals surface area contributed by atoms with Crippen LogP contribution < -0.4 is 5.32 Å². The van der Waals surface area contributed by atoms with Crippen LogP contribution in [0.5, 0.6) is 0 Å². The number of benzene rings is 1. The molecule has 21 heavy (non-hydrogen) atoms. The normalized spacial score (nSPS) is 25.9. The van der Waals surface area contributed by atoms with Crippen molar-refractivity contribution in [3.63, 3.8) is 0 Å². The molecule has 108 valence electrons. The molecule has 0 bridgehead atoms. The van der Waals surface area contributed by atoms with Crippen LogP contribution >= 0.6 is 15.9 Å².